The summed E-state index contributed by atoms with van der Waals surface area (Å²) in [4.78, 5) is 24.2. The lowest BCUT2D eigenvalue weighted by molar-refractivity contribution is -0.124. The maximum atomic E-state index is 12.2. The van der Waals surface area contributed by atoms with Crippen molar-refractivity contribution in [3.05, 3.63) is 35.9 Å². The van der Waals surface area contributed by atoms with Gasteiger partial charge in [-0.15, -0.1) is 11.3 Å². The molecule has 0 aliphatic carbocycles. The predicted molar refractivity (Wildman–Crippen MR) is 125 cm³/mol. The minimum atomic E-state index is -0.155. The number of carbonyl (C=O) groups excluding carboxylic acids is 1. The maximum Gasteiger partial charge on any atom is 0.298 e. The summed E-state index contributed by atoms with van der Waals surface area (Å²) in [7, 11) is 1.68. The number of likely N-dealkylation sites (tertiary alicyclic amines) is 1. The van der Waals surface area contributed by atoms with Crippen LogP contribution in [0.5, 0.6) is 5.75 Å². The third-order valence-electron chi connectivity index (χ3n) is 5.74. The second kappa shape index (κ2) is 7.80. The molecule has 1 aromatic carbocycles. The number of methoxy groups -OCH3 is 1. The Bertz CT molecular complexity index is 1430. The molecule has 1 atom stereocenters. The molecule has 0 saturated carbocycles. The van der Waals surface area contributed by atoms with Gasteiger partial charge in [-0.3, -0.25) is 4.79 Å². The molecule has 1 aliphatic heterocycles. The minimum Gasteiger partial charge on any atom is -0.495 e. The van der Waals surface area contributed by atoms with E-state index in [1.807, 2.05) is 13.0 Å². The molecular weight excluding hydrogens is 424 g/mol. The lowest BCUT2D eigenvalue weighted by Crippen LogP contribution is -2.27. The maximum absolute atomic E-state index is 12.2. The fraction of sp³-hybridized carbons (Fsp3) is 0.304. The van der Waals surface area contributed by atoms with Crippen LogP contribution in [0, 0.1) is 18.8 Å². The van der Waals surface area contributed by atoms with Gasteiger partial charge in [0.1, 0.15) is 29.1 Å². The molecule has 1 saturated heterocycles. The highest BCUT2D eigenvalue weighted by atomic mass is 32.1. The van der Waals surface area contributed by atoms with Crippen molar-refractivity contribution in [2.24, 2.45) is 0 Å². The number of amides is 1. The van der Waals surface area contributed by atoms with Gasteiger partial charge in [0.25, 0.3) is 5.91 Å². The number of ether oxygens (including phenoxy) is 1. The fourth-order valence-corrected chi connectivity index (χ4v) is 5.41. The molecule has 1 aliphatic rings. The van der Waals surface area contributed by atoms with E-state index in [0.29, 0.717) is 24.4 Å². The Hall–Kier alpha value is -3.64. The largest absolute Gasteiger partial charge is 0.495 e. The number of benzene rings is 1. The van der Waals surface area contributed by atoms with Gasteiger partial charge in [-0.2, -0.15) is 5.10 Å². The Kier molecular flexibility index (Phi) is 4.94. The van der Waals surface area contributed by atoms with E-state index >= 15 is 0 Å². The van der Waals surface area contributed by atoms with Crippen LogP contribution >= 0.6 is 11.3 Å². The summed E-state index contributed by atoms with van der Waals surface area (Å²) in [6.07, 6.45) is 2.23. The number of hydrogen-bond donors (Lipinski definition) is 1. The summed E-state index contributed by atoms with van der Waals surface area (Å²) in [5, 5.41) is 5.55. The summed E-state index contributed by atoms with van der Waals surface area (Å²) in [5.74, 6) is 7.18. The Morgan fingerprint density at radius 3 is 2.97 bits per heavy atom. The van der Waals surface area contributed by atoms with Crippen LogP contribution < -0.4 is 10.5 Å². The van der Waals surface area contributed by atoms with Crippen molar-refractivity contribution in [3.63, 3.8) is 0 Å². The molecule has 0 spiro atoms. The van der Waals surface area contributed by atoms with Crippen LogP contribution in [0.4, 0.5) is 5.82 Å². The van der Waals surface area contributed by atoms with Crippen LogP contribution in [0.25, 0.3) is 26.2 Å². The third-order valence-corrected chi connectivity index (χ3v) is 6.91. The number of nitrogen functional groups attached to an aromatic ring is 1. The van der Waals surface area contributed by atoms with Crippen molar-refractivity contribution in [1.82, 2.24) is 24.5 Å². The molecular formula is C23H22N6O2S. The highest BCUT2D eigenvalue weighted by Gasteiger charge is 2.32. The molecule has 8 nitrogen and oxygen atoms in total. The number of rotatable bonds is 3. The van der Waals surface area contributed by atoms with Crippen LogP contribution in [-0.2, 0) is 4.79 Å². The number of aryl methyl sites for hydroxylation is 1. The highest BCUT2D eigenvalue weighted by Crippen LogP contribution is 2.42. The molecule has 32 heavy (non-hydrogen) atoms. The van der Waals surface area contributed by atoms with E-state index in [4.69, 9.17) is 15.5 Å². The van der Waals surface area contributed by atoms with Gasteiger partial charge in [0.15, 0.2) is 5.82 Å². The van der Waals surface area contributed by atoms with Crippen molar-refractivity contribution in [1.29, 1.82) is 0 Å². The molecule has 9 heteroatoms. The lowest BCUT2D eigenvalue weighted by atomic mass is 10.1. The average molecular weight is 447 g/mol. The summed E-state index contributed by atoms with van der Waals surface area (Å²) >= 11 is 1.61. The van der Waals surface area contributed by atoms with Gasteiger partial charge in [-0.25, -0.2) is 14.5 Å². The van der Waals surface area contributed by atoms with E-state index < -0.39 is 0 Å². The summed E-state index contributed by atoms with van der Waals surface area (Å²) < 4.78 is 8.43. The molecule has 1 amide bonds. The molecule has 0 bridgehead atoms. The normalized spacial score (nSPS) is 15.8. The van der Waals surface area contributed by atoms with Gasteiger partial charge >= 0.3 is 0 Å². The van der Waals surface area contributed by atoms with E-state index in [1.165, 1.54) is 6.33 Å². The van der Waals surface area contributed by atoms with Crippen molar-refractivity contribution < 1.29 is 9.53 Å². The third kappa shape index (κ3) is 3.24. The van der Waals surface area contributed by atoms with Crippen molar-refractivity contribution >= 4 is 38.7 Å². The Balaban J connectivity index is 1.63. The van der Waals surface area contributed by atoms with Crippen molar-refractivity contribution in [2.75, 3.05) is 25.9 Å². The first-order valence-electron chi connectivity index (χ1n) is 10.3. The van der Waals surface area contributed by atoms with Gasteiger partial charge < -0.3 is 15.4 Å². The lowest BCUT2D eigenvalue weighted by Gasteiger charge is -2.12. The first-order valence-corrected chi connectivity index (χ1v) is 11.1. The molecule has 1 unspecified atom stereocenters. The SMILES string of the molecule is CC#CC(=O)N1CCC(c2nc(-c3cc4cc(C)cc(OC)c4s3)c3c(N)ncnn23)C1. The highest BCUT2D eigenvalue weighted by molar-refractivity contribution is 7.22. The van der Waals surface area contributed by atoms with E-state index in [-0.39, 0.29) is 11.8 Å². The fourth-order valence-electron chi connectivity index (χ4n) is 4.29. The van der Waals surface area contributed by atoms with Gasteiger partial charge in [0.05, 0.1) is 16.7 Å². The number of anilines is 1. The topological polar surface area (TPSA) is 98.6 Å². The standard InChI is InChI=1S/C23H22N6O2S/c1-4-5-18(30)28-7-6-14(11-28)23-27-19(20-22(24)25-12-26-29(20)23)17-10-15-8-13(2)9-16(31-3)21(15)32-17/h8-10,12,14H,6-7,11H2,1-3H3,(H2,24,25,26). The first kappa shape index (κ1) is 20.3. The number of imidazole rings is 1. The first-order chi connectivity index (χ1) is 15.5. The van der Waals surface area contributed by atoms with E-state index in [1.54, 1.807) is 34.8 Å². The molecule has 0 radical (unpaired) electrons. The zero-order valence-corrected chi connectivity index (χ0v) is 18.9. The summed E-state index contributed by atoms with van der Waals surface area (Å²) in [6.45, 7) is 4.91. The molecule has 4 heterocycles. The number of hydrogen-bond acceptors (Lipinski definition) is 7. The summed E-state index contributed by atoms with van der Waals surface area (Å²) in [6, 6.07) is 6.27. The average Bonchev–Trinajstić information content (AvgIpc) is 3.49. The number of carbonyl (C=O) groups is 1. The molecule has 4 aromatic rings. The van der Waals surface area contributed by atoms with Gasteiger partial charge in [-0.05, 0) is 49.3 Å². The number of nitrogens with two attached hydrogens (primary N) is 1. The van der Waals surface area contributed by atoms with Gasteiger partial charge in [0.2, 0.25) is 0 Å². The zero-order valence-electron chi connectivity index (χ0n) is 18.0. The minimum absolute atomic E-state index is 0.0410. The van der Waals surface area contributed by atoms with Crippen molar-refractivity contribution in [3.8, 4) is 28.2 Å². The second-order valence-electron chi connectivity index (χ2n) is 7.83. The number of thiophene rings is 1. The van der Waals surface area contributed by atoms with Crippen LogP contribution in [0.15, 0.2) is 24.5 Å². The van der Waals surface area contributed by atoms with E-state index in [0.717, 1.165) is 44.2 Å². The Labute approximate surface area is 189 Å². The van der Waals surface area contributed by atoms with Gasteiger partial charge in [-0.1, -0.05) is 12.0 Å². The quantitative estimate of drug-likeness (QED) is 0.485. The second-order valence-corrected chi connectivity index (χ2v) is 8.88. The Morgan fingerprint density at radius 1 is 1.34 bits per heavy atom. The Morgan fingerprint density at radius 2 is 2.19 bits per heavy atom. The zero-order chi connectivity index (χ0) is 22.4. The number of nitrogens with zero attached hydrogens (tertiary/aromatic N) is 5. The molecule has 2 N–H and O–H groups in total. The van der Waals surface area contributed by atoms with Crippen LogP contribution in [0.2, 0.25) is 0 Å². The van der Waals surface area contributed by atoms with Crippen LogP contribution in [0.3, 0.4) is 0 Å². The number of aromatic nitrogens is 4. The molecule has 162 valence electrons. The van der Waals surface area contributed by atoms with Crippen LogP contribution in [0.1, 0.15) is 30.7 Å². The molecule has 5 rings (SSSR count). The van der Waals surface area contributed by atoms with E-state index in [9.17, 15) is 4.79 Å². The smallest absolute Gasteiger partial charge is 0.298 e. The molecule has 1 fully saturated rings. The molecule has 3 aromatic heterocycles. The van der Waals surface area contributed by atoms with Gasteiger partial charge in [0, 0.05) is 19.0 Å². The number of fused-ring (bicyclic) bond motifs is 2. The van der Waals surface area contributed by atoms with E-state index in [2.05, 4.69) is 34.1 Å². The summed E-state index contributed by atoms with van der Waals surface area (Å²) in [5.41, 5.74) is 8.84. The monoisotopic (exact) mass is 446 g/mol. The van der Waals surface area contributed by atoms with Crippen LogP contribution in [-0.4, -0.2) is 50.6 Å². The predicted octanol–water partition coefficient (Wildman–Crippen LogP) is 3.24. The van der Waals surface area contributed by atoms with Crippen molar-refractivity contribution in [2.45, 2.75) is 26.2 Å².